The summed E-state index contributed by atoms with van der Waals surface area (Å²) < 4.78 is 0. The Balaban J connectivity index is 2.12. The quantitative estimate of drug-likeness (QED) is 0.833. The number of carbonyl (C=O) groups is 1. The third-order valence-electron chi connectivity index (χ3n) is 2.36. The van der Waals surface area contributed by atoms with Crippen LogP contribution in [0.3, 0.4) is 0 Å². The van der Waals surface area contributed by atoms with Gasteiger partial charge >= 0.3 is 6.03 Å². The van der Waals surface area contributed by atoms with E-state index in [0.717, 1.165) is 16.1 Å². The van der Waals surface area contributed by atoms with Gasteiger partial charge in [0.1, 0.15) is 4.88 Å². The predicted octanol–water partition coefficient (Wildman–Crippen LogP) is 2.39. The molecule has 2 aromatic heterocycles. The molecule has 2 aromatic rings. The number of carbonyl (C=O) groups excluding carboxylic acids is 1. The van der Waals surface area contributed by atoms with Crippen LogP contribution >= 0.6 is 11.3 Å². The average molecular weight is 286 g/mol. The normalized spacial score (nSPS) is 9.50. The van der Waals surface area contributed by atoms with E-state index in [2.05, 4.69) is 32.4 Å². The lowest BCUT2D eigenvalue weighted by Gasteiger charge is -2.00. The van der Waals surface area contributed by atoms with Crippen LogP contribution in [0.5, 0.6) is 0 Å². The number of hydrogen-bond donors (Lipinski definition) is 2. The maximum atomic E-state index is 11.4. The first-order valence-corrected chi connectivity index (χ1v) is 6.95. The number of rotatable bonds is 2. The first kappa shape index (κ1) is 14.0. The minimum Gasteiger partial charge on any atom is -0.338 e. The van der Waals surface area contributed by atoms with Crippen molar-refractivity contribution in [1.29, 1.82) is 0 Å². The van der Waals surface area contributed by atoms with E-state index in [1.54, 1.807) is 12.4 Å². The van der Waals surface area contributed by atoms with Gasteiger partial charge in [-0.05, 0) is 31.9 Å². The zero-order valence-corrected chi connectivity index (χ0v) is 12.0. The first-order valence-electron chi connectivity index (χ1n) is 6.13. The number of amides is 2. The van der Waals surface area contributed by atoms with Crippen molar-refractivity contribution in [3.05, 3.63) is 40.7 Å². The molecule has 2 rings (SSSR count). The molecule has 2 N–H and O–H groups in total. The molecule has 102 valence electrons. The molecule has 20 heavy (non-hydrogen) atoms. The van der Waals surface area contributed by atoms with Crippen molar-refractivity contribution in [1.82, 2.24) is 15.3 Å². The number of anilines is 1. The summed E-state index contributed by atoms with van der Waals surface area (Å²) in [5.41, 5.74) is 1.70. The molecule has 0 saturated heterocycles. The van der Waals surface area contributed by atoms with Crippen LogP contribution in [-0.4, -0.2) is 22.5 Å². The lowest BCUT2D eigenvalue weighted by atomic mass is 10.2. The molecule has 5 nitrogen and oxygen atoms in total. The fourth-order valence-corrected chi connectivity index (χ4v) is 2.25. The molecule has 6 heteroatoms. The van der Waals surface area contributed by atoms with Crippen molar-refractivity contribution in [2.45, 2.75) is 13.8 Å². The van der Waals surface area contributed by atoms with Gasteiger partial charge in [0, 0.05) is 24.5 Å². The molecule has 0 fully saturated rings. The van der Waals surface area contributed by atoms with Crippen molar-refractivity contribution < 1.29 is 4.79 Å². The van der Waals surface area contributed by atoms with E-state index in [9.17, 15) is 4.79 Å². The summed E-state index contributed by atoms with van der Waals surface area (Å²) in [6.07, 6.45) is 3.40. The lowest BCUT2D eigenvalue weighted by Crippen LogP contribution is -2.28. The molecule has 0 aromatic carbocycles. The highest BCUT2D eigenvalue weighted by Crippen LogP contribution is 2.21. The molecule has 0 bridgehead atoms. The van der Waals surface area contributed by atoms with Crippen LogP contribution in [0.2, 0.25) is 0 Å². The minimum absolute atomic E-state index is 0.255. The largest absolute Gasteiger partial charge is 0.338 e. The SMILES string of the molecule is CCNC(=O)Nc1nc(C)c(C#Cc2ccncc2)s1. The molecular weight excluding hydrogens is 272 g/mol. The summed E-state index contributed by atoms with van der Waals surface area (Å²) in [6.45, 7) is 4.30. The molecule has 0 aliphatic rings. The van der Waals surface area contributed by atoms with E-state index >= 15 is 0 Å². The molecule has 2 amide bonds. The Labute approximate surface area is 121 Å². The monoisotopic (exact) mass is 286 g/mol. The van der Waals surface area contributed by atoms with Crippen LogP contribution in [0, 0.1) is 18.8 Å². The topological polar surface area (TPSA) is 66.9 Å². The van der Waals surface area contributed by atoms with Crippen LogP contribution in [0.15, 0.2) is 24.5 Å². The van der Waals surface area contributed by atoms with Gasteiger partial charge in [0.25, 0.3) is 0 Å². The third kappa shape index (κ3) is 3.80. The van der Waals surface area contributed by atoms with Crippen LogP contribution in [-0.2, 0) is 0 Å². The summed E-state index contributed by atoms with van der Waals surface area (Å²) in [5, 5.41) is 5.88. The highest BCUT2D eigenvalue weighted by molar-refractivity contribution is 7.16. The summed E-state index contributed by atoms with van der Waals surface area (Å²) in [5.74, 6) is 6.11. The summed E-state index contributed by atoms with van der Waals surface area (Å²) in [7, 11) is 0. The van der Waals surface area contributed by atoms with Crippen molar-refractivity contribution in [2.75, 3.05) is 11.9 Å². The number of pyridine rings is 1. The Morgan fingerprint density at radius 3 is 2.80 bits per heavy atom. The average Bonchev–Trinajstić information content (AvgIpc) is 2.78. The Hall–Kier alpha value is -2.39. The number of nitrogens with one attached hydrogen (secondary N) is 2. The van der Waals surface area contributed by atoms with Crippen molar-refractivity contribution >= 4 is 22.5 Å². The van der Waals surface area contributed by atoms with E-state index in [0.29, 0.717) is 11.7 Å². The van der Waals surface area contributed by atoms with Crippen LogP contribution in [0.1, 0.15) is 23.1 Å². The van der Waals surface area contributed by atoms with E-state index in [4.69, 9.17) is 0 Å². The van der Waals surface area contributed by atoms with Gasteiger partial charge in [-0.2, -0.15) is 0 Å². The maximum absolute atomic E-state index is 11.4. The second-order valence-corrected chi connectivity index (χ2v) is 4.90. The Kier molecular flexibility index (Phi) is 4.69. The van der Waals surface area contributed by atoms with Gasteiger partial charge in [-0.1, -0.05) is 17.3 Å². The molecule has 0 aliphatic carbocycles. The van der Waals surface area contributed by atoms with Crippen LogP contribution in [0.4, 0.5) is 9.93 Å². The van der Waals surface area contributed by atoms with Crippen molar-refractivity contribution in [3.8, 4) is 11.8 Å². The molecule has 0 radical (unpaired) electrons. The fraction of sp³-hybridized carbons (Fsp3) is 0.214. The zero-order chi connectivity index (χ0) is 14.4. The maximum Gasteiger partial charge on any atom is 0.321 e. The molecule has 0 saturated carbocycles. The standard InChI is InChI=1S/C14H14N4OS/c1-3-16-13(19)18-14-17-10(2)12(20-14)5-4-11-6-8-15-9-7-11/h6-9H,3H2,1-2H3,(H2,16,17,18,19). The molecular formula is C14H14N4OS. The summed E-state index contributed by atoms with van der Waals surface area (Å²) >= 11 is 1.36. The molecule has 0 unspecified atom stereocenters. The molecule has 2 heterocycles. The summed E-state index contributed by atoms with van der Waals surface area (Å²) in [6, 6.07) is 3.43. The number of hydrogen-bond acceptors (Lipinski definition) is 4. The van der Waals surface area contributed by atoms with E-state index in [1.165, 1.54) is 11.3 Å². The van der Waals surface area contributed by atoms with Crippen molar-refractivity contribution in [2.24, 2.45) is 0 Å². The fourth-order valence-electron chi connectivity index (χ4n) is 1.43. The zero-order valence-electron chi connectivity index (χ0n) is 11.2. The van der Waals surface area contributed by atoms with Gasteiger partial charge in [0.2, 0.25) is 0 Å². The van der Waals surface area contributed by atoms with Gasteiger partial charge < -0.3 is 5.32 Å². The smallest absolute Gasteiger partial charge is 0.321 e. The second kappa shape index (κ2) is 6.68. The number of aromatic nitrogens is 2. The highest BCUT2D eigenvalue weighted by Gasteiger charge is 2.08. The molecule has 0 atom stereocenters. The highest BCUT2D eigenvalue weighted by atomic mass is 32.1. The Morgan fingerprint density at radius 2 is 2.10 bits per heavy atom. The second-order valence-electron chi connectivity index (χ2n) is 3.90. The van der Waals surface area contributed by atoms with E-state index < -0.39 is 0 Å². The van der Waals surface area contributed by atoms with Crippen LogP contribution < -0.4 is 10.6 Å². The number of urea groups is 1. The predicted molar refractivity (Wildman–Crippen MR) is 79.8 cm³/mol. The molecule has 0 aliphatic heterocycles. The third-order valence-corrected chi connectivity index (χ3v) is 3.34. The number of nitrogens with zero attached hydrogens (tertiary/aromatic N) is 2. The number of aryl methyl sites for hydroxylation is 1. The van der Waals surface area contributed by atoms with Gasteiger partial charge in [0.05, 0.1) is 5.69 Å². The van der Waals surface area contributed by atoms with Crippen LogP contribution in [0.25, 0.3) is 0 Å². The van der Waals surface area contributed by atoms with Gasteiger partial charge in [-0.3, -0.25) is 10.3 Å². The van der Waals surface area contributed by atoms with Crippen molar-refractivity contribution in [3.63, 3.8) is 0 Å². The lowest BCUT2D eigenvalue weighted by molar-refractivity contribution is 0.252. The Morgan fingerprint density at radius 1 is 1.35 bits per heavy atom. The molecule has 0 spiro atoms. The summed E-state index contributed by atoms with van der Waals surface area (Å²) in [4.78, 5) is 20.5. The van der Waals surface area contributed by atoms with Gasteiger partial charge in [0.15, 0.2) is 5.13 Å². The Bertz CT molecular complexity index is 655. The minimum atomic E-state index is -0.255. The number of thiazole rings is 1. The van der Waals surface area contributed by atoms with Gasteiger partial charge in [-0.25, -0.2) is 9.78 Å². The van der Waals surface area contributed by atoms with E-state index in [-0.39, 0.29) is 6.03 Å². The van der Waals surface area contributed by atoms with Gasteiger partial charge in [-0.15, -0.1) is 0 Å². The first-order chi connectivity index (χ1) is 9.69. The van der Waals surface area contributed by atoms with E-state index in [1.807, 2.05) is 26.0 Å².